The van der Waals surface area contributed by atoms with Gasteiger partial charge in [-0.25, -0.2) is 14.4 Å². The summed E-state index contributed by atoms with van der Waals surface area (Å²) in [6.07, 6.45) is 8.13. The molecule has 2 aliphatic rings. The third kappa shape index (κ3) is 2.30. The number of likely N-dealkylation sites (N-methyl/N-ethyl adjacent to an activating group) is 1. The molecule has 1 saturated heterocycles. The summed E-state index contributed by atoms with van der Waals surface area (Å²) >= 11 is 0. The van der Waals surface area contributed by atoms with Crippen LogP contribution in [0.2, 0.25) is 0 Å². The molecule has 0 bridgehead atoms. The maximum absolute atomic E-state index is 12.3. The number of aromatic nitrogens is 2. The molecule has 1 aromatic heterocycles. The van der Waals surface area contributed by atoms with Crippen LogP contribution in [0, 0.1) is 0 Å². The van der Waals surface area contributed by atoms with Crippen molar-refractivity contribution >= 4 is 12.0 Å². The van der Waals surface area contributed by atoms with E-state index in [1.165, 1.54) is 0 Å². The number of allylic oxidation sites excluding steroid dienone is 1. The topological polar surface area (TPSA) is 56.6 Å². The van der Waals surface area contributed by atoms with Crippen LogP contribution in [-0.4, -0.2) is 45.7 Å². The first-order chi connectivity index (χ1) is 10.1. The van der Waals surface area contributed by atoms with E-state index in [9.17, 15) is 4.79 Å². The molecule has 3 heterocycles. The summed E-state index contributed by atoms with van der Waals surface area (Å²) in [4.78, 5) is 23.8. The number of likely N-dealkylation sites (tertiary alicyclic amines) is 1. The molecule has 6 nitrogen and oxygen atoms in total. The summed E-state index contributed by atoms with van der Waals surface area (Å²) in [5.41, 5.74) is 0.452. The first-order valence-corrected chi connectivity index (χ1v) is 7.31. The number of imidazole rings is 1. The van der Waals surface area contributed by atoms with Crippen molar-refractivity contribution in [3.05, 3.63) is 40.1 Å². The van der Waals surface area contributed by atoms with Crippen LogP contribution in [0.1, 0.15) is 19.8 Å². The van der Waals surface area contributed by atoms with E-state index >= 15 is 0 Å². The number of fused-ring (bicyclic) bond motifs is 1. The number of hydrogen-bond donors (Lipinski definition) is 1. The maximum atomic E-state index is 12.3. The highest BCUT2D eigenvalue weighted by atomic mass is 16.1. The van der Waals surface area contributed by atoms with Crippen molar-refractivity contribution in [3.8, 4) is 0 Å². The molecule has 0 saturated carbocycles. The second kappa shape index (κ2) is 5.27. The maximum Gasteiger partial charge on any atom is 0.333 e. The van der Waals surface area contributed by atoms with Gasteiger partial charge in [-0.3, -0.25) is 4.98 Å². The average Bonchev–Trinajstić information content (AvgIpc) is 3.06. The minimum atomic E-state index is -0.175. The lowest BCUT2D eigenvalue weighted by molar-refractivity contribution is 0.409. The number of hydrogen-bond acceptors (Lipinski definition) is 4. The Morgan fingerprint density at radius 1 is 1.48 bits per heavy atom. The summed E-state index contributed by atoms with van der Waals surface area (Å²) in [7, 11) is 1.96. The Hall–Kier alpha value is -2.24. The van der Waals surface area contributed by atoms with Gasteiger partial charge in [0.15, 0.2) is 5.49 Å². The van der Waals surface area contributed by atoms with Crippen LogP contribution in [0.25, 0.3) is 12.0 Å². The Morgan fingerprint density at radius 3 is 2.86 bits per heavy atom. The summed E-state index contributed by atoms with van der Waals surface area (Å²) < 4.78 is 1.63. The smallest absolute Gasteiger partial charge is 0.333 e. The number of H-pyrrole nitrogens is 1. The molecule has 21 heavy (non-hydrogen) atoms. The van der Waals surface area contributed by atoms with E-state index in [1.54, 1.807) is 4.57 Å². The average molecular weight is 287 g/mol. The van der Waals surface area contributed by atoms with Crippen molar-refractivity contribution in [2.75, 3.05) is 20.1 Å². The highest BCUT2D eigenvalue weighted by molar-refractivity contribution is 5.41. The van der Waals surface area contributed by atoms with Gasteiger partial charge in [-0.2, -0.15) is 0 Å². The molecule has 1 atom stereocenters. The van der Waals surface area contributed by atoms with Crippen LogP contribution in [0.15, 0.2) is 28.5 Å². The van der Waals surface area contributed by atoms with E-state index in [4.69, 9.17) is 0 Å². The van der Waals surface area contributed by atoms with E-state index in [-0.39, 0.29) is 11.9 Å². The van der Waals surface area contributed by atoms with Crippen molar-refractivity contribution in [2.24, 2.45) is 4.99 Å². The summed E-state index contributed by atoms with van der Waals surface area (Å²) in [6, 6.07) is 0. The van der Waals surface area contributed by atoms with Crippen LogP contribution >= 0.6 is 0 Å². The standard InChI is InChI=1S/C15H21N5O/c1-4-7-13-16-14-12(10-18(13)3)20(15(21)17-14)11(2)19-8-5-6-9-19/h4,7,10,13H,2,5-6,8-9H2,1,3H3,(H,16,17,21)/b7-4+. The summed E-state index contributed by atoms with van der Waals surface area (Å²) in [6.45, 7) is 7.98. The van der Waals surface area contributed by atoms with E-state index < -0.39 is 0 Å². The third-order valence-electron chi connectivity index (χ3n) is 4.01. The molecule has 0 radical (unpaired) electrons. The lowest BCUT2D eigenvalue weighted by Gasteiger charge is -2.24. The first kappa shape index (κ1) is 13.7. The molecule has 1 aromatic rings. The van der Waals surface area contributed by atoms with Gasteiger partial charge < -0.3 is 9.80 Å². The van der Waals surface area contributed by atoms with Crippen LogP contribution in [0.5, 0.6) is 0 Å². The molecule has 1 unspecified atom stereocenters. The van der Waals surface area contributed by atoms with E-state index in [0.717, 1.165) is 37.1 Å². The van der Waals surface area contributed by atoms with Gasteiger partial charge in [0.05, 0.1) is 0 Å². The number of rotatable bonds is 3. The molecule has 0 aromatic carbocycles. The highest BCUT2D eigenvalue weighted by Crippen LogP contribution is 2.14. The molecule has 1 N–H and O–H groups in total. The minimum Gasteiger partial charge on any atom is -0.358 e. The van der Waals surface area contributed by atoms with Crippen LogP contribution < -0.4 is 16.5 Å². The fraction of sp³-hybridized carbons (Fsp3) is 0.467. The number of nitrogens with one attached hydrogen (secondary N) is 1. The fourth-order valence-electron chi connectivity index (χ4n) is 2.87. The minimum absolute atomic E-state index is 0.0750. The van der Waals surface area contributed by atoms with Crippen molar-refractivity contribution in [1.29, 1.82) is 0 Å². The van der Waals surface area contributed by atoms with Gasteiger partial charge in [0, 0.05) is 26.3 Å². The van der Waals surface area contributed by atoms with E-state index in [1.807, 2.05) is 37.2 Å². The molecular weight excluding hydrogens is 266 g/mol. The van der Waals surface area contributed by atoms with Gasteiger partial charge in [0.2, 0.25) is 0 Å². The van der Waals surface area contributed by atoms with Crippen LogP contribution in [-0.2, 0) is 0 Å². The lowest BCUT2D eigenvalue weighted by Crippen LogP contribution is -2.43. The van der Waals surface area contributed by atoms with Gasteiger partial charge in [0.1, 0.15) is 17.3 Å². The second-order valence-corrected chi connectivity index (χ2v) is 5.47. The number of nitrogens with zero attached hydrogens (tertiary/aromatic N) is 4. The van der Waals surface area contributed by atoms with Crippen LogP contribution in [0.3, 0.4) is 0 Å². The molecule has 0 amide bonds. The normalized spacial score (nSPS) is 21.3. The zero-order chi connectivity index (χ0) is 15.0. The molecule has 112 valence electrons. The van der Waals surface area contributed by atoms with Gasteiger partial charge >= 0.3 is 5.69 Å². The quantitative estimate of drug-likeness (QED) is 0.790. The van der Waals surface area contributed by atoms with Gasteiger partial charge in [0.25, 0.3) is 0 Å². The molecule has 2 aliphatic heterocycles. The molecular formula is C15H21N5O. The predicted molar refractivity (Wildman–Crippen MR) is 82.8 cm³/mol. The molecule has 6 heteroatoms. The van der Waals surface area contributed by atoms with E-state index in [0.29, 0.717) is 5.49 Å². The SMILES string of the molecule is C=C(N1CCCC1)n1c(=O)[nH]c2c1=CN(C)C(/C=C/C)N=2. The third-order valence-corrected chi connectivity index (χ3v) is 4.01. The highest BCUT2D eigenvalue weighted by Gasteiger charge is 2.20. The molecule has 0 spiro atoms. The van der Waals surface area contributed by atoms with Gasteiger partial charge in [-0.05, 0) is 25.8 Å². The van der Waals surface area contributed by atoms with Crippen molar-refractivity contribution in [3.63, 3.8) is 0 Å². The number of aromatic amines is 1. The fourth-order valence-corrected chi connectivity index (χ4v) is 2.87. The van der Waals surface area contributed by atoms with Crippen LogP contribution in [0.4, 0.5) is 0 Å². The summed E-state index contributed by atoms with van der Waals surface area (Å²) in [5.74, 6) is 0.735. The zero-order valence-electron chi connectivity index (χ0n) is 12.5. The Morgan fingerprint density at radius 2 is 2.19 bits per heavy atom. The van der Waals surface area contributed by atoms with E-state index in [2.05, 4.69) is 21.5 Å². The molecule has 1 fully saturated rings. The van der Waals surface area contributed by atoms with Gasteiger partial charge in [-0.1, -0.05) is 12.7 Å². The first-order valence-electron chi connectivity index (χ1n) is 7.31. The van der Waals surface area contributed by atoms with Crippen molar-refractivity contribution in [1.82, 2.24) is 19.4 Å². The molecule has 0 aliphatic carbocycles. The largest absolute Gasteiger partial charge is 0.358 e. The Bertz CT molecular complexity index is 748. The Labute approximate surface area is 123 Å². The summed E-state index contributed by atoms with van der Waals surface area (Å²) in [5, 5.41) is 0.778. The van der Waals surface area contributed by atoms with Crippen molar-refractivity contribution in [2.45, 2.75) is 25.9 Å². The molecule has 3 rings (SSSR count). The zero-order valence-corrected chi connectivity index (χ0v) is 12.5. The lowest BCUT2D eigenvalue weighted by atomic mass is 10.3. The second-order valence-electron chi connectivity index (χ2n) is 5.47. The predicted octanol–water partition coefficient (Wildman–Crippen LogP) is -0.0944. The Kier molecular flexibility index (Phi) is 3.45. The monoisotopic (exact) mass is 287 g/mol. The Balaban J connectivity index is 2.10. The van der Waals surface area contributed by atoms with Crippen molar-refractivity contribution < 1.29 is 0 Å². The van der Waals surface area contributed by atoms with Gasteiger partial charge in [-0.15, -0.1) is 0 Å².